The van der Waals surface area contributed by atoms with Gasteiger partial charge in [0.1, 0.15) is 0 Å². The average Bonchev–Trinajstić information content (AvgIpc) is 3.03. The fraction of sp³-hybridized carbons (Fsp3) is 0.476. The molecule has 1 heterocycles. The van der Waals surface area contributed by atoms with Gasteiger partial charge >= 0.3 is 0 Å². The molecule has 0 aliphatic carbocycles. The second-order valence-corrected chi connectivity index (χ2v) is 7.75. The van der Waals surface area contributed by atoms with E-state index in [9.17, 15) is 4.79 Å². The van der Waals surface area contributed by atoms with Crippen LogP contribution in [0, 0.1) is 5.41 Å². The second kappa shape index (κ2) is 8.38. The lowest BCUT2D eigenvalue weighted by Crippen LogP contribution is -2.45. The van der Waals surface area contributed by atoms with Crippen molar-refractivity contribution < 1.29 is 4.79 Å². The number of amides is 1. The zero-order valence-corrected chi connectivity index (χ0v) is 16.7. The van der Waals surface area contributed by atoms with Crippen LogP contribution in [0.3, 0.4) is 0 Å². The Balaban J connectivity index is 0.00000243. The van der Waals surface area contributed by atoms with Crippen LogP contribution >= 0.6 is 12.4 Å². The Morgan fingerprint density at radius 1 is 1.23 bits per heavy atom. The lowest BCUT2D eigenvalue weighted by molar-refractivity contribution is -0.126. The number of halogens is 1. The maximum Gasteiger partial charge on any atom is 0.237 e. The fourth-order valence-electron chi connectivity index (χ4n) is 3.62. The van der Waals surface area contributed by atoms with E-state index < -0.39 is 0 Å². The van der Waals surface area contributed by atoms with Gasteiger partial charge in [-0.25, -0.2) is 0 Å². The van der Waals surface area contributed by atoms with Gasteiger partial charge in [-0.2, -0.15) is 0 Å². The highest BCUT2D eigenvalue weighted by Gasteiger charge is 2.36. The first kappa shape index (κ1) is 20.7. The number of nitrogens with zero attached hydrogens (tertiary/aromatic N) is 1. The molecule has 1 aliphatic heterocycles. The van der Waals surface area contributed by atoms with Crippen LogP contribution in [0.1, 0.15) is 38.8 Å². The van der Waals surface area contributed by atoms with E-state index in [1.807, 2.05) is 26.0 Å². The Labute approximate surface area is 162 Å². The van der Waals surface area contributed by atoms with E-state index in [-0.39, 0.29) is 35.8 Å². The van der Waals surface area contributed by atoms with Crippen LogP contribution in [-0.2, 0) is 4.79 Å². The molecule has 3 atom stereocenters. The smallest absolute Gasteiger partial charge is 0.237 e. The molecule has 0 aromatic heterocycles. The van der Waals surface area contributed by atoms with E-state index in [0.29, 0.717) is 6.54 Å². The second-order valence-electron chi connectivity index (χ2n) is 7.75. The first-order valence-corrected chi connectivity index (χ1v) is 9.15. The van der Waals surface area contributed by atoms with Crippen molar-refractivity contribution in [3.05, 3.63) is 48.0 Å². The Hall–Kier alpha value is -1.62. The number of rotatable bonds is 5. The van der Waals surface area contributed by atoms with E-state index in [4.69, 9.17) is 5.73 Å². The molecule has 2 aromatic rings. The third-order valence-corrected chi connectivity index (χ3v) is 5.64. The maximum absolute atomic E-state index is 12.7. The van der Waals surface area contributed by atoms with Crippen molar-refractivity contribution in [2.75, 3.05) is 19.6 Å². The van der Waals surface area contributed by atoms with E-state index in [1.54, 1.807) is 0 Å². The van der Waals surface area contributed by atoms with Gasteiger partial charge in [-0.05, 0) is 61.2 Å². The van der Waals surface area contributed by atoms with E-state index in [2.05, 4.69) is 47.5 Å². The van der Waals surface area contributed by atoms with Gasteiger partial charge < -0.3 is 11.1 Å². The highest BCUT2D eigenvalue weighted by atomic mass is 35.5. The van der Waals surface area contributed by atoms with Crippen LogP contribution in [0.15, 0.2) is 42.5 Å². The van der Waals surface area contributed by atoms with Crippen molar-refractivity contribution in [2.24, 2.45) is 11.1 Å². The normalized spacial score (nSPS) is 22.6. The predicted molar refractivity (Wildman–Crippen MR) is 111 cm³/mol. The molecular weight excluding hydrogens is 346 g/mol. The number of carbonyl (C=O) groups excluding carboxylic acids is 1. The minimum atomic E-state index is -0.128. The maximum atomic E-state index is 12.7. The zero-order valence-electron chi connectivity index (χ0n) is 15.9. The van der Waals surface area contributed by atoms with Gasteiger partial charge in [-0.1, -0.05) is 43.3 Å². The number of carbonyl (C=O) groups is 1. The summed E-state index contributed by atoms with van der Waals surface area (Å²) < 4.78 is 0. The van der Waals surface area contributed by atoms with E-state index in [0.717, 1.165) is 25.1 Å². The average molecular weight is 376 g/mol. The molecular formula is C21H30ClN3O. The van der Waals surface area contributed by atoms with Crippen molar-refractivity contribution in [1.82, 2.24) is 10.2 Å². The van der Waals surface area contributed by atoms with Crippen LogP contribution in [0.2, 0.25) is 0 Å². The number of fused-ring (bicyclic) bond motifs is 1. The first-order valence-electron chi connectivity index (χ1n) is 9.15. The zero-order chi connectivity index (χ0) is 18.0. The Bertz CT molecular complexity index is 766. The molecule has 0 radical (unpaired) electrons. The number of nitrogens with one attached hydrogen (secondary N) is 1. The summed E-state index contributed by atoms with van der Waals surface area (Å²) in [5.74, 6) is 0.0851. The third kappa shape index (κ3) is 4.37. The number of likely N-dealkylation sites (tertiary alicyclic amines) is 1. The Morgan fingerprint density at radius 3 is 2.58 bits per heavy atom. The number of benzene rings is 2. The minimum absolute atomic E-state index is 0. The lowest BCUT2D eigenvalue weighted by Gasteiger charge is -2.27. The van der Waals surface area contributed by atoms with Crippen molar-refractivity contribution in [1.29, 1.82) is 0 Å². The summed E-state index contributed by atoms with van der Waals surface area (Å²) in [6.07, 6.45) is 1.06. The molecule has 1 amide bonds. The summed E-state index contributed by atoms with van der Waals surface area (Å²) in [5, 5.41) is 5.59. The standard InChI is InChI=1S/C21H29N3O.ClH/c1-15(18-9-8-17-6-4-5-7-19(17)12-18)23-20(25)16(2)24-11-10-21(3,13-22)14-24;/h4-9,12,15-16H,10-11,13-14,22H2,1-3H3,(H,23,25);1H. The molecule has 26 heavy (non-hydrogen) atoms. The monoisotopic (exact) mass is 375 g/mol. The highest BCUT2D eigenvalue weighted by molar-refractivity contribution is 5.85. The molecule has 1 aliphatic rings. The summed E-state index contributed by atoms with van der Waals surface area (Å²) in [5.41, 5.74) is 7.15. The molecule has 3 N–H and O–H groups in total. The van der Waals surface area contributed by atoms with Gasteiger partial charge in [-0.15, -0.1) is 12.4 Å². The quantitative estimate of drug-likeness (QED) is 0.840. The highest BCUT2D eigenvalue weighted by Crippen LogP contribution is 2.30. The molecule has 0 saturated carbocycles. The molecule has 3 unspecified atom stereocenters. The van der Waals surface area contributed by atoms with Gasteiger partial charge in [0.2, 0.25) is 5.91 Å². The lowest BCUT2D eigenvalue weighted by atomic mass is 9.90. The van der Waals surface area contributed by atoms with Gasteiger partial charge in [0.05, 0.1) is 12.1 Å². The van der Waals surface area contributed by atoms with Crippen LogP contribution in [0.4, 0.5) is 0 Å². The molecule has 3 rings (SSSR count). The first-order chi connectivity index (χ1) is 11.9. The van der Waals surface area contributed by atoms with Crippen LogP contribution < -0.4 is 11.1 Å². The molecule has 5 heteroatoms. The number of hydrogen-bond donors (Lipinski definition) is 2. The minimum Gasteiger partial charge on any atom is -0.348 e. The molecule has 2 aromatic carbocycles. The summed E-state index contributed by atoms with van der Waals surface area (Å²) in [7, 11) is 0. The molecule has 0 spiro atoms. The van der Waals surface area contributed by atoms with E-state index in [1.165, 1.54) is 10.8 Å². The van der Waals surface area contributed by atoms with Gasteiger partial charge in [-0.3, -0.25) is 9.69 Å². The Kier molecular flexibility index (Phi) is 6.67. The van der Waals surface area contributed by atoms with Crippen LogP contribution in [0.25, 0.3) is 10.8 Å². The predicted octanol–water partition coefficient (Wildman–Crippen LogP) is 3.50. The SMILES string of the molecule is CC(NC(=O)C(C)N1CCC(C)(CN)C1)c1ccc2ccccc2c1.Cl. The molecule has 0 bridgehead atoms. The van der Waals surface area contributed by atoms with Gasteiger partial charge in [0.25, 0.3) is 0 Å². The third-order valence-electron chi connectivity index (χ3n) is 5.64. The van der Waals surface area contributed by atoms with E-state index >= 15 is 0 Å². The topological polar surface area (TPSA) is 58.4 Å². The summed E-state index contributed by atoms with van der Waals surface area (Å²) in [6, 6.07) is 14.5. The van der Waals surface area contributed by atoms with Crippen molar-refractivity contribution >= 4 is 29.1 Å². The van der Waals surface area contributed by atoms with Crippen molar-refractivity contribution in [3.63, 3.8) is 0 Å². The molecule has 1 saturated heterocycles. The van der Waals surface area contributed by atoms with Crippen LogP contribution in [-0.4, -0.2) is 36.5 Å². The van der Waals surface area contributed by atoms with Crippen LogP contribution in [0.5, 0.6) is 0 Å². The van der Waals surface area contributed by atoms with Crippen molar-refractivity contribution in [3.8, 4) is 0 Å². The Morgan fingerprint density at radius 2 is 1.92 bits per heavy atom. The molecule has 142 valence electrons. The molecule has 1 fully saturated rings. The summed E-state index contributed by atoms with van der Waals surface area (Å²) >= 11 is 0. The summed E-state index contributed by atoms with van der Waals surface area (Å²) in [4.78, 5) is 14.9. The number of nitrogens with two attached hydrogens (primary N) is 1. The van der Waals surface area contributed by atoms with Gasteiger partial charge in [0, 0.05) is 6.54 Å². The molecule has 4 nitrogen and oxygen atoms in total. The van der Waals surface area contributed by atoms with Crippen molar-refractivity contribution in [2.45, 2.75) is 39.3 Å². The fourth-order valence-corrected chi connectivity index (χ4v) is 3.62. The number of hydrogen-bond acceptors (Lipinski definition) is 3. The summed E-state index contributed by atoms with van der Waals surface area (Å²) in [6.45, 7) is 8.74. The largest absolute Gasteiger partial charge is 0.348 e. The van der Waals surface area contributed by atoms with Gasteiger partial charge in [0.15, 0.2) is 0 Å².